The summed E-state index contributed by atoms with van der Waals surface area (Å²) in [5, 5.41) is 2.67. The summed E-state index contributed by atoms with van der Waals surface area (Å²) in [6.45, 7) is 0.457. The molecule has 1 saturated heterocycles. The fourth-order valence-corrected chi connectivity index (χ4v) is 2.28. The molecule has 1 amide bonds. The quantitative estimate of drug-likeness (QED) is 0.908. The molecule has 1 N–H and O–H groups in total. The van der Waals surface area contributed by atoms with Gasteiger partial charge in [-0.15, -0.1) is 0 Å². The third-order valence-corrected chi connectivity index (χ3v) is 3.37. The Morgan fingerprint density at radius 2 is 1.91 bits per heavy atom. The zero-order valence-electron chi connectivity index (χ0n) is 11.9. The maximum absolute atomic E-state index is 13.0. The number of amides is 1. The van der Waals surface area contributed by atoms with Crippen molar-refractivity contribution in [3.8, 4) is 0 Å². The van der Waals surface area contributed by atoms with Crippen LogP contribution in [0.15, 0.2) is 30.3 Å². The largest absolute Gasteiger partial charge is 0.418 e. The van der Waals surface area contributed by atoms with E-state index in [-0.39, 0.29) is 11.6 Å². The number of rotatable bonds is 5. The molecule has 122 valence electrons. The Morgan fingerprint density at radius 1 is 1.27 bits per heavy atom. The minimum absolute atomic E-state index is 0.0196. The van der Waals surface area contributed by atoms with Gasteiger partial charge in [0.05, 0.1) is 0 Å². The average molecular weight is 317 g/mol. The van der Waals surface area contributed by atoms with Gasteiger partial charge in [-0.1, -0.05) is 30.3 Å². The van der Waals surface area contributed by atoms with Crippen molar-refractivity contribution in [2.45, 2.75) is 31.2 Å². The number of ether oxygens (including phenoxy) is 2. The predicted octanol–water partition coefficient (Wildman–Crippen LogP) is 2.60. The lowest BCUT2D eigenvalue weighted by Gasteiger charge is -2.24. The van der Waals surface area contributed by atoms with Crippen LogP contribution in [0.25, 0.3) is 0 Å². The highest BCUT2D eigenvalue weighted by Crippen LogP contribution is 2.35. The fraction of sp³-hybridized carbons (Fsp3) is 0.533. The lowest BCUT2D eigenvalue weighted by atomic mass is 10.1. The minimum atomic E-state index is -4.57. The molecule has 1 aromatic rings. The van der Waals surface area contributed by atoms with Gasteiger partial charge in [0.2, 0.25) is 5.91 Å². The normalized spacial score (nSPS) is 18.0. The number of halogens is 3. The lowest BCUT2D eigenvalue weighted by Crippen LogP contribution is -2.41. The molecular weight excluding hydrogens is 299 g/mol. The Kier molecular flexibility index (Phi) is 5.79. The molecule has 4 nitrogen and oxygen atoms in total. The number of nitrogens with one attached hydrogen (secondary N) is 1. The lowest BCUT2D eigenvalue weighted by molar-refractivity contribution is -0.223. The zero-order chi connectivity index (χ0) is 16.0. The molecule has 1 atom stereocenters. The summed E-state index contributed by atoms with van der Waals surface area (Å²) in [4.78, 5) is 11.7. The average Bonchev–Trinajstić information content (AvgIpc) is 2.48. The number of benzene rings is 1. The van der Waals surface area contributed by atoms with Crippen LogP contribution in [0.2, 0.25) is 0 Å². The van der Waals surface area contributed by atoms with Crippen LogP contribution >= 0.6 is 0 Å². The van der Waals surface area contributed by atoms with E-state index in [4.69, 9.17) is 9.47 Å². The van der Waals surface area contributed by atoms with E-state index >= 15 is 0 Å². The van der Waals surface area contributed by atoms with Crippen LogP contribution in [0.1, 0.15) is 24.5 Å². The number of hydrogen-bond donors (Lipinski definition) is 1. The van der Waals surface area contributed by atoms with Gasteiger partial charge in [0.15, 0.2) is 6.10 Å². The van der Waals surface area contributed by atoms with Gasteiger partial charge in [0, 0.05) is 19.3 Å². The SMILES string of the molecule is O=C(CO[C@@H](c1ccccc1)C(F)(F)F)NC1CCOCC1. The summed E-state index contributed by atoms with van der Waals surface area (Å²) in [6.07, 6.45) is -5.35. The number of alkyl halides is 3. The van der Waals surface area contributed by atoms with Crippen LogP contribution in [0.4, 0.5) is 13.2 Å². The first-order valence-corrected chi connectivity index (χ1v) is 7.07. The first-order chi connectivity index (χ1) is 10.5. The summed E-state index contributed by atoms with van der Waals surface area (Å²) < 4.78 is 49.1. The predicted molar refractivity (Wildman–Crippen MR) is 73.2 cm³/mol. The van der Waals surface area contributed by atoms with E-state index in [0.29, 0.717) is 26.1 Å². The molecule has 0 aliphatic carbocycles. The van der Waals surface area contributed by atoms with Crippen molar-refractivity contribution >= 4 is 5.91 Å². The molecule has 1 heterocycles. The zero-order valence-corrected chi connectivity index (χ0v) is 11.9. The topological polar surface area (TPSA) is 47.6 Å². The molecule has 0 aromatic heterocycles. The molecule has 0 unspecified atom stereocenters. The van der Waals surface area contributed by atoms with Crippen molar-refractivity contribution in [3.05, 3.63) is 35.9 Å². The van der Waals surface area contributed by atoms with Gasteiger partial charge in [-0.25, -0.2) is 0 Å². The molecule has 7 heteroatoms. The third-order valence-electron chi connectivity index (χ3n) is 3.37. The number of carbonyl (C=O) groups is 1. The van der Waals surface area contributed by atoms with Crippen LogP contribution in [-0.2, 0) is 14.3 Å². The van der Waals surface area contributed by atoms with Crippen LogP contribution in [0.3, 0.4) is 0 Å². The standard InChI is InChI=1S/C15H18F3NO3/c16-15(17,18)14(11-4-2-1-3-5-11)22-10-13(20)19-12-6-8-21-9-7-12/h1-5,12,14H,6-10H2,(H,19,20)/t14-/m0/s1. The Morgan fingerprint density at radius 3 is 2.50 bits per heavy atom. The molecule has 1 aliphatic heterocycles. The molecular formula is C15H18F3NO3. The molecule has 22 heavy (non-hydrogen) atoms. The number of carbonyl (C=O) groups excluding carboxylic acids is 1. The van der Waals surface area contributed by atoms with E-state index in [1.54, 1.807) is 6.07 Å². The summed E-state index contributed by atoms with van der Waals surface area (Å²) in [7, 11) is 0. The molecule has 1 aromatic carbocycles. The Bertz CT molecular complexity index is 473. The van der Waals surface area contributed by atoms with Gasteiger partial charge in [-0.05, 0) is 18.4 Å². The molecule has 0 radical (unpaired) electrons. The van der Waals surface area contributed by atoms with Gasteiger partial charge in [0.1, 0.15) is 6.61 Å². The van der Waals surface area contributed by atoms with Gasteiger partial charge in [-0.2, -0.15) is 13.2 Å². The van der Waals surface area contributed by atoms with E-state index in [9.17, 15) is 18.0 Å². The molecule has 0 saturated carbocycles. The van der Waals surface area contributed by atoms with E-state index in [0.717, 1.165) is 0 Å². The minimum Gasteiger partial charge on any atom is -0.381 e. The van der Waals surface area contributed by atoms with Crippen molar-refractivity contribution in [2.75, 3.05) is 19.8 Å². The molecule has 1 fully saturated rings. The Balaban J connectivity index is 1.89. The van der Waals surface area contributed by atoms with Crippen molar-refractivity contribution in [3.63, 3.8) is 0 Å². The van der Waals surface area contributed by atoms with Gasteiger partial charge in [0.25, 0.3) is 0 Å². The summed E-state index contributed by atoms with van der Waals surface area (Å²) in [5.74, 6) is -0.544. The second-order valence-electron chi connectivity index (χ2n) is 5.10. The van der Waals surface area contributed by atoms with Crippen molar-refractivity contribution in [2.24, 2.45) is 0 Å². The van der Waals surface area contributed by atoms with Gasteiger partial charge < -0.3 is 14.8 Å². The highest BCUT2D eigenvalue weighted by Gasteiger charge is 2.42. The Hall–Kier alpha value is -1.60. The highest BCUT2D eigenvalue weighted by atomic mass is 19.4. The maximum atomic E-state index is 13.0. The second kappa shape index (κ2) is 7.60. The van der Waals surface area contributed by atoms with E-state index in [1.807, 2.05) is 0 Å². The Labute approximate surface area is 126 Å². The first kappa shape index (κ1) is 16.8. The maximum Gasteiger partial charge on any atom is 0.418 e. The summed E-state index contributed by atoms with van der Waals surface area (Å²) >= 11 is 0. The summed E-state index contributed by atoms with van der Waals surface area (Å²) in [6, 6.07) is 7.21. The molecule has 1 aliphatic rings. The van der Waals surface area contributed by atoms with Crippen molar-refractivity contribution < 1.29 is 27.4 Å². The molecule has 0 bridgehead atoms. The smallest absolute Gasteiger partial charge is 0.381 e. The second-order valence-corrected chi connectivity index (χ2v) is 5.10. The monoisotopic (exact) mass is 317 g/mol. The van der Waals surface area contributed by atoms with Crippen LogP contribution in [-0.4, -0.2) is 37.9 Å². The van der Waals surface area contributed by atoms with Crippen LogP contribution < -0.4 is 5.32 Å². The van der Waals surface area contributed by atoms with E-state index in [2.05, 4.69) is 5.32 Å². The van der Waals surface area contributed by atoms with Gasteiger partial charge in [-0.3, -0.25) is 4.79 Å². The molecule has 0 spiro atoms. The van der Waals surface area contributed by atoms with Crippen LogP contribution in [0.5, 0.6) is 0 Å². The fourth-order valence-electron chi connectivity index (χ4n) is 2.28. The van der Waals surface area contributed by atoms with Crippen LogP contribution in [0, 0.1) is 0 Å². The first-order valence-electron chi connectivity index (χ1n) is 7.07. The summed E-state index contributed by atoms with van der Waals surface area (Å²) in [5.41, 5.74) is -0.0196. The van der Waals surface area contributed by atoms with Crippen molar-refractivity contribution in [1.82, 2.24) is 5.32 Å². The van der Waals surface area contributed by atoms with E-state index in [1.165, 1.54) is 24.3 Å². The van der Waals surface area contributed by atoms with Crippen molar-refractivity contribution in [1.29, 1.82) is 0 Å². The molecule has 2 rings (SSSR count). The van der Waals surface area contributed by atoms with Gasteiger partial charge >= 0.3 is 6.18 Å². The highest BCUT2D eigenvalue weighted by molar-refractivity contribution is 5.77. The number of hydrogen-bond acceptors (Lipinski definition) is 3. The van der Waals surface area contributed by atoms with E-state index < -0.39 is 24.8 Å². The third kappa shape index (κ3) is 4.99.